The minimum absolute atomic E-state index is 0.0646. The van der Waals surface area contributed by atoms with Crippen LogP contribution in [0.3, 0.4) is 0 Å². The molecule has 0 radical (unpaired) electrons. The number of aromatic carboxylic acids is 1. The zero-order valence-electron chi connectivity index (χ0n) is 15.2. The maximum atomic E-state index is 12.3. The number of hydrogen-bond donors (Lipinski definition) is 1. The third-order valence-electron chi connectivity index (χ3n) is 5.21. The van der Waals surface area contributed by atoms with Gasteiger partial charge in [-0.15, -0.1) is 0 Å². The minimum atomic E-state index is -1.25. The summed E-state index contributed by atoms with van der Waals surface area (Å²) >= 11 is 0. The number of aromatic nitrogens is 1. The molecular formula is C21H18N2O4. The highest BCUT2D eigenvalue weighted by Gasteiger charge is 2.36. The lowest BCUT2D eigenvalue weighted by atomic mass is 9.79. The Balaban J connectivity index is 2.10. The smallest absolute Gasteiger partial charge is 0.341 e. The van der Waals surface area contributed by atoms with Crippen molar-refractivity contribution in [2.24, 2.45) is 5.41 Å². The molecule has 6 heteroatoms. The van der Waals surface area contributed by atoms with Gasteiger partial charge in [0.05, 0.1) is 11.3 Å². The van der Waals surface area contributed by atoms with E-state index in [9.17, 15) is 20.0 Å². The highest BCUT2D eigenvalue weighted by molar-refractivity contribution is 5.92. The van der Waals surface area contributed by atoms with Crippen LogP contribution in [0, 0.1) is 16.7 Å². The van der Waals surface area contributed by atoms with Gasteiger partial charge < -0.3 is 14.1 Å². The summed E-state index contributed by atoms with van der Waals surface area (Å²) in [4.78, 5) is 23.8. The second kappa shape index (κ2) is 5.58. The van der Waals surface area contributed by atoms with Gasteiger partial charge in [0.15, 0.2) is 16.8 Å². The second-order valence-corrected chi connectivity index (χ2v) is 7.94. The predicted molar refractivity (Wildman–Crippen MR) is 99.8 cm³/mol. The van der Waals surface area contributed by atoms with E-state index < -0.39 is 11.4 Å². The normalized spacial score (nSPS) is 15.9. The van der Waals surface area contributed by atoms with E-state index in [1.54, 1.807) is 6.07 Å². The quantitative estimate of drug-likeness (QED) is 0.706. The van der Waals surface area contributed by atoms with Crippen molar-refractivity contribution < 1.29 is 14.3 Å². The number of nitriles is 1. The molecule has 3 aromatic rings. The molecule has 1 atom stereocenters. The standard InChI is InChI=1S/C21H18N2O4/c1-21(2,3)17-7-13-12-6-4-5-11(9-22)18(12)27-19(13)15-8-16(24)14(20(25)26)10-23(15)17/h4-6,8,10,17H,7H2,1-3H3,(H,25,26)/t17-/m0/s1. The van der Waals surface area contributed by atoms with E-state index in [-0.39, 0.29) is 17.0 Å². The van der Waals surface area contributed by atoms with Crippen molar-refractivity contribution in [3.63, 3.8) is 0 Å². The number of hydrogen-bond acceptors (Lipinski definition) is 4. The van der Waals surface area contributed by atoms with Gasteiger partial charge in [-0.1, -0.05) is 32.9 Å². The number of carbonyl (C=O) groups is 1. The van der Waals surface area contributed by atoms with Crippen molar-refractivity contribution in [2.75, 3.05) is 0 Å². The molecule has 1 aliphatic rings. The Kier molecular flexibility index (Phi) is 3.54. The van der Waals surface area contributed by atoms with Crippen LogP contribution >= 0.6 is 0 Å². The second-order valence-electron chi connectivity index (χ2n) is 7.94. The maximum Gasteiger partial charge on any atom is 0.341 e. The Hall–Kier alpha value is -3.33. The van der Waals surface area contributed by atoms with Gasteiger partial charge in [0.1, 0.15) is 11.6 Å². The fourth-order valence-corrected chi connectivity index (χ4v) is 3.83. The Labute approximate surface area is 155 Å². The highest BCUT2D eigenvalue weighted by atomic mass is 16.4. The van der Waals surface area contributed by atoms with Crippen molar-refractivity contribution in [1.82, 2.24) is 4.57 Å². The van der Waals surface area contributed by atoms with Gasteiger partial charge in [0.25, 0.3) is 0 Å². The molecule has 2 aromatic heterocycles. The molecule has 3 heterocycles. The number of rotatable bonds is 1. The van der Waals surface area contributed by atoms with Gasteiger partial charge in [0, 0.05) is 29.3 Å². The first-order chi connectivity index (χ1) is 12.7. The van der Waals surface area contributed by atoms with Gasteiger partial charge in [-0.05, 0) is 17.9 Å². The van der Waals surface area contributed by atoms with Gasteiger partial charge in [0.2, 0.25) is 0 Å². The van der Waals surface area contributed by atoms with E-state index in [4.69, 9.17) is 4.42 Å². The first-order valence-corrected chi connectivity index (χ1v) is 8.66. The number of carboxylic acid groups (broad SMARTS) is 1. The molecule has 1 N–H and O–H groups in total. The number of pyridine rings is 1. The van der Waals surface area contributed by atoms with Crippen LogP contribution in [-0.2, 0) is 6.42 Å². The SMILES string of the molecule is CC(C)(C)[C@@H]1Cc2c(oc3c(C#N)cccc23)-c2cc(=O)c(C(=O)O)cn21. The fourth-order valence-electron chi connectivity index (χ4n) is 3.83. The Morgan fingerprint density at radius 2 is 2.11 bits per heavy atom. The lowest BCUT2D eigenvalue weighted by molar-refractivity contribution is 0.0693. The van der Waals surface area contributed by atoms with Crippen molar-refractivity contribution >= 4 is 16.9 Å². The average Bonchev–Trinajstić information content (AvgIpc) is 2.98. The van der Waals surface area contributed by atoms with Gasteiger partial charge in [-0.25, -0.2) is 4.79 Å². The number of furan rings is 1. The summed E-state index contributed by atoms with van der Waals surface area (Å²) in [6, 6.07) is 8.83. The number of carboxylic acids is 1. The third-order valence-corrected chi connectivity index (χ3v) is 5.21. The monoisotopic (exact) mass is 362 g/mol. The van der Waals surface area contributed by atoms with Crippen LogP contribution in [0.4, 0.5) is 0 Å². The van der Waals surface area contributed by atoms with Crippen LogP contribution in [-0.4, -0.2) is 15.6 Å². The first-order valence-electron chi connectivity index (χ1n) is 8.66. The van der Waals surface area contributed by atoms with Crippen molar-refractivity contribution in [2.45, 2.75) is 33.2 Å². The zero-order chi connectivity index (χ0) is 19.5. The van der Waals surface area contributed by atoms with Crippen LogP contribution in [0.1, 0.15) is 48.3 Å². The lowest BCUT2D eigenvalue weighted by Crippen LogP contribution is -2.32. The molecule has 1 aromatic carbocycles. The lowest BCUT2D eigenvalue weighted by Gasteiger charge is -2.37. The average molecular weight is 362 g/mol. The number of benzene rings is 1. The highest BCUT2D eigenvalue weighted by Crippen LogP contribution is 2.46. The molecule has 1 aliphatic heterocycles. The van der Waals surface area contributed by atoms with Crippen molar-refractivity contribution in [3.05, 3.63) is 57.4 Å². The summed E-state index contributed by atoms with van der Waals surface area (Å²) in [6.07, 6.45) is 2.03. The van der Waals surface area contributed by atoms with Crippen LogP contribution in [0.5, 0.6) is 0 Å². The number of para-hydroxylation sites is 1. The van der Waals surface area contributed by atoms with Gasteiger partial charge >= 0.3 is 5.97 Å². The van der Waals surface area contributed by atoms with E-state index in [2.05, 4.69) is 26.8 Å². The summed E-state index contributed by atoms with van der Waals surface area (Å²) in [5.74, 6) is -0.715. The summed E-state index contributed by atoms with van der Waals surface area (Å²) in [5, 5.41) is 19.6. The molecule has 136 valence electrons. The minimum Gasteiger partial charge on any atom is -0.477 e. The van der Waals surface area contributed by atoms with Crippen LogP contribution < -0.4 is 5.43 Å². The molecule has 0 fully saturated rings. The molecule has 0 aliphatic carbocycles. The zero-order valence-corrected chi connectivity index (χ0v) is 15.2. The summed E-state index contributed by atoms with van der Waals surface area (Å²) < 4.78 is 7.86. The maximum absolute atomic E-state index is 12.3. The Morgan fingerprint density at radius 1 is 1.37 bits per heavy atom. The fraction of sp³-hybridized carbons (Fsp3) is 0.286. The molecule has 0 bridgehead atoms. The summed E-state index contributed by atoms with van der Waals surface area (Å²) in [5.41, 5.74) is 1.43. The molecule has 6 nitrogen and oxygen atoms in total. The van der Waals surface area contributed by atoms with E-state index in [0.717, 1.165) is 10.9 Å². The molecule has 0 saturated heterocycles. The molecular weight excluding hydrogens is 344 g/mol. The van der Waals surface area contributed by atoms with E-state index >= 15 is 0 Å². The van der Waals surface area contributed by atoms with Crippen molar-refractivity contribution in [3.8, 4) is 17.5 Å². The summed E-state index contributed by atoms with van der Waals surface area (Å²) in [7, 11) is 0. The molecule has 4 rings (SSSR count). The van der Waals surface area contributed by atoms with E-state index in [0.29, 0.717) is 29.0 Å². The molecule has 0 unspecified atom stereocenters. The Morgan fingerprint density at radius 3 is 2.74 bits per heavy atom. The van der Waals surface area contributed by atoms with Crippen molar-refractivity contribution in [1.29, 1.82) is 5.26 Å². The van der Waals surface area contributed by atoms with E-state index in [1.807, 2.05) is 16.7 Å². The summed E-state index contributed by atoms with van der Waals surface area (Å²) in [6.45, 7) is 6.23. The van der Waals surface area contributed by atoms with Crippen LogP contribution in [0.15, 0.2) is 39.7 Å². The molecule has 0 amide bonds. The molecule has 27 heavy (non-hydrogen) atoms. The molecule has 0 saturated carbocycles. The molecule has 0 spiro atoms. The first kappa shape index (κ1) is 17.1. The van der Waals surface area contributed by atoms with Crippen LogP contribution in [0.2, 0.25) is 0 Å². The number of nitrogens with zero attached hydrogens (tertiary/aromatic N) is 2. The van der Waals surface area contributed by atoms with E-state index in [1.165, 1.54) is 12.3 Å². The van der Waals surface area contributed by atoms with Gasteiger partial charge in [-0.2, -0.15) is 5.26 Å². The van der Waals surface area contributed by atoms with Crippen LogP contribution in [0.25, 0.3) is 22.4 Å². The van der Waals surface area contributed by atoms with Gasteiger partial charge in [-0.3, -0.25) is 4.79 Å². The number of fused-ring (bicyclic) bond motifs is 5. The third kappa shape index (κ3) is 2.47. The topological polar surface area (TPSA) is 96.2 Å². The predicted octanol–water partition coefficient (Wildman–Crippen LogP) is 3.97. The Bertz CT molecular complexity index is 1200. The largest absolute Gasteiger partial charge is 0.477 e.